The molecule has 0 bridgehead atoms. The first-order valence-electron chi connectivity index (χ1n) is 9.88. The summed E-state index contributed by atoms with van der Waals surface area (Å²) in [7, 11) is 0. The van der Waals surface area contributed by atoms with Crippen molar-refractivity contribution >= 4 is 34.7 Å². The van der Waals surface area contributed by atoms with Gasteiger partial charge in [-0.3, -0.25) is 14.5 Å². The third kappa shape index (κ3) is 3.12. The minimum atomic E-state index is -0.651. The maximum Gasteiger partial charge on any atom is 0.259 e. The molecular formula is C24H19ClN2O3. The van der Waals surface area contributed by atoms with Crippen LogP contribution in [0.4, 0.5) is 11.4 Å². The number of hydrogen-bond acceptors (Lipinski definition) is 4. The molecule has 2 heterocycles. The van der Waals surface area contributed by atoms with Crippen molar-refractivity contribution < 1.29 is 14.0 Å². The quantitative estimate of drug-likeness (QED) is 0.575. The molecule has 2 aromatic carbocycles. The SMILES string of the molecule is O=C1CCCC2=C1[C@H](c1ccco1)N(C(=O)c1ccc(Cl)cc1)c1ccccc1N2. The molecule has 0 spiro atoms. The molecule has 5 nitrogen and oxygen atoms in total. The molecule has 0 fully saturated rings. The van der Waals surface area contributed by atoms with Gasteiger partial charge in [-0.25, -0.2) is 0 Å². The molecule has 0 unspecified atom stereocenters. The second-order valence-corrected chi connectivity index (χ2v) is 7.85. The molecule has 1 amide bonds. The van der Waals surface area contributed by atoms with Gasteiger partial charge in [-0.05, 0) is 61.4 Å². The highest BCUT2D eigenvalue weighted by molar-refractivity contribution is 6.30. The molecule has 1 aromatic heterocycles. The summed E-state index contributed by atoms with van der Waals surface area (Å²) in [5.74, 6) is 0.361. The van der Waals surface area contributed by atoms with Gasteiger partial charge in [-0.15, -0.1) is 0 Å². The Labute approximate surface area is 178 Å². The first kappa shape index (κ1) is 18.7. The average molecular weight is 419 g/mol. The topological polar surface area (TPSA) is 62.6 Å². The number of halogens is 1. The Morgan fingerprint density at radius 2 is 1.83 bits per heavy atom. The van der Waals surface area contributed by atoms with Crippen molar-refractivity contribution in [3.63, 3.8) is 0 Å². The minimum Gasteiger partial charge on any atom is -0.467 e. The lowest BCUT2D eigenvalue weighted by molar-refractivity contribution is -0.116. The van der Waals surface area contributed by atoms with Gasteiger partial charge in [0.15, 0.2) is 5.78 Å². The lowest BCUT2D eigenvalue weighted by atomic mass is 9.88. The highest BCUT2D eigenvalue weighted by Gasteiger charge is 2.41. The number of carbonyl (C=O) groups is 2. The van der Waals surface area contributed by atoms with Crippen LogP contribution in [0.25, 0.3) is 0 Å². The molecule has 150 valence electrons. The fourth-order valence-corrected chi connectivity index (χ4v) is 4.33. The zero-order chi connectivity index (χ0) is 20.7. The number of rotatable bonds is 2. The van der Waals surface area contributed by atoms with E-state index in [-0.39, 0.29) is 11.7 Å². The van der Waals surface area contributed by atoms with Crippen LogP contribution >= 0.6 is 11.6 Å². The number of anilines is 2. The second kappa shape index (κ2) is 7.50. The van der Waals surface area contributed by atoms with Crippen molar-refractivity contribution in [2.24, 2.45) is 0 Å². The van der Waals surface area contributed by atoms with Crippen molar-refractivity contribution in [1.29, 1.82) is 0 Å². The molecule has 2 aliphatic rings. The molecule has 1 aliphatic carbocycles. The Kier molecular flexibility index (Phi) is 4.68. The first-order valence-corrected chi connectivity index (χ1v) is 10.3. The van der Waals surface area contributed by atoms with Gasteiger partial charge in [-0.2, -0.15) is 0 Å². The lowest BCUT2D eigenvalue weighted by Crippen LogP contribution is -2.37. The van der Waals surface area contributed by atoms with E-state index < -0.39 is 6.04 Å². The van der Waals surface area contributed by atoms with Gasteiger partial charge < -0.3 is 9.73 Å². The normalized spacial score (nSPS) is 18.4. The minimum absolute atomic E-state index is 0.0341. The van der Waals surface area contributed by atoms with Crippen LogP contribution in [0.2, 0.25) is 5.02 Å². The summed E-state index contributed by atoms with van der Waals surface area (Å²) < 4.78 is 5.75. The van der Waals surface area contributed by atoms with Crippen LogP contribution < -0.4 is 10.2 Å². The van der Waals surface area contributed by atoms with Gasteiger partial charge in [-0.1, -0.05) is 23.7 Å². The average Bonchev–Trinajstić information content (AvgIpc) is 3.23. The second-order valence-electron chi connectivity index (χ2n) is 7.41. The fraction of sp³-hybridized carbons (Fsp3) is 0.167. The third-order valence-corrected chi connectivity index (χ3v) is 5.81. The summed E-state index contributed by atoms with van der Waals surface area (Å²) in [6.45, 7) is 0. The number of carbonyl (C=O) groups excluding carboxylic acids is 2. The van der Waals surface area contributed by atoms with E-state index in [0.29, 0.717) is 34.0 Å². The largest absolute Gasteiger partial charge is 0.467 e. The molecule has 1 aliphatic heterocycles. The van der Waals surface area contributed by atoms with Crippen LogP contribution in [0, 0.1) is 0 Å². The van der Waals surface area contributed by atoms with Crippen molar-refractivity contribution in [1.82, 2.24) is 0 Å². The van der Waals surface area contributed by atoms with Crippen LogP contribution in [0.1, 0.15) is 41.4 Å². The van der Waals surface area contributed by atoms with Crippen molar-refractivity contribution in [2.45, 2.75) is 25.3 Å². The summed E-state index contributed by atoms with van der Waals surface area (Å²) in [6.07, 6.45) is 3.55. The van der Waals surface area contributed by atoms with Gasteiger partial charge in [0.05, 0.1) is 17.6 Å². The molecule has 1 atom stereocenters. The standard InChI is InChI=1S/C24H19ClN2O3/c25-16-12-10-15(11-13-16)24(29)27-19-7-2-1-5-17(19)26-18-6-3-8-20(28)22(18)23(27)21-9-4-14-30-21/h1-2,4-5,7,9-14,23,26H,3,6,8H2/t23-/m0/s1. The summed E-state index contributed by atoms with van der Waals surface area (Å²) in [5, 5.41) is 3.99. The number of benzene rings is 2. The van der Waals surface area contributed by atoms with E-state index in [2.05, 4.69) is 5.32 Å². The van der Waals surface area contributed by atoms with Crippen molar-refractivity contribution in [3.8, 4) is 0 Å². The summed E-state index contributed by atoms with van der Waals surface area (Å²) in [4.78, 5) is 28.5. The van der Waals surface area contributed by atoms with E-state index in [1.807, 2.05) is 30.3 Å². The molecule has 5 rings (SSSR count). The molecule has 3 aromatic rings. The molecule has 30 heavy (non-hydrogen) atoms. The molecular weight excluding hydrogens is 400 g/mol. The lowest BCUT2D eigenvalue weighted by Gasteiger charge is -2.32. The van der Waals surface area contributed by atoms with E-state index in [9.17, 15) is 9.59 Å². The number of nitrogens with zero attached hydrogens (tertiary/aromatic N) is 1. The maximum absolute atomic E-state index is 13.8. The van der Waals surface area contributed by atoms with Gasteiger partial charge >= 0.3 is 0 Å². The zero-order valence-corrected chi connectivity index (χ0v) is 16.9. The number of nitrogens with one attached hydrogen (secondary N) is 1. The molecule has 1 N–H and O–H groups in total. The number of allylic oxidation sites excluding steroid dienone is 1. The van der Waals surface area contributed by atoms with Gasteiger partial charge in [0, 0.05) is 28.3 Å². The smallest absolute Gasteiger partial charge is 0.259 e. The molecule has 0 saturated heterocycles. The maximum atomic E-state index is 13.8. The van der Waals surface area contributed by atoms with Crippen molar-refractivity contribution in [2.75, 3.05) is 10.2 Å². The van der Waals surface area contributed by atoms with Crippen LogP contribution in [0.5, 0.6) is 0 Å². The highest BCUT2D eigenvalue weighted by Crippen LogP contribution is 2.45. The number of amides is 1. The van der Waals surface area contributed by atoms with Crippen LogP contribution in [0.3, 0.4) is 0 Å². The predicted molar refractivity (Wildman–Crippen MR) is 116 cm³/mol. The Hall–Kier alpha value is -3.31. The van der Waals surface area contributed by atoms with E-state index in [1.165, 1.54) is 0 Å². The Morgan fingerprint density at radius 1 is 1.03 bits per heavy atom. The number of hydrogen-bond donors (Lipinski definition) is 1. The Morgan fingerprint density at radius 3 is 2.60 bits per heavy atom. The van der Waals surface area contributed by atoms with E-state index in [1.54, 1.807) is 41.5 Å². The summed E-state index contributed by atoms with van der Waals surface area (Å²) in [6, 6.07) is 17.3. The fourth-order valence-electron chi connectivity index (χ4n) is 4.21. The summed E-state index contributed by atoms with van der Waals surface area (Å²) in [5.41, 5.74) is 3.41. The van der Waals surface area contributed by atoms with E-state index in [0.717, 1.165) is 24.2 Å². The van der Waals surface area contributed by atoms with Gasteiger partial charge in [0.25, 0.3) is 5.91 Å². The Bertz CT molecular complexity index is 1150. The Balaban J connectivity index is 1.76. The number of Topliss-reactive ketones (excluding diaryl/α,β-unsaturated/α-hetero) is 1. The highest BCUT2D eigenvalue weighted by atomic mass is 35.5. The van der Waals surface area contributed by atoms with E-state index in [4.69, 9.17) is 16.0 Å². The van der Waals surface area contributed by atoms with Crippen LogP contribution in [-0.4, -0.2) is 11.7 Å². The van der Waals surface area contributed by atoms with Crippen LogP contribution in [0.15, 0.2) is 82.6 Å². The molecule has 0 saturated carbocycles. The number of furan rings is 1. The number of para-hydroxylation sites is 2. The van der Waals surface area contributed by atoms with Crippen LogP contribution in [-0.2, 0) is 4.79 Å². The van der Waals surface area contributed by atoms with Crippen molar-refractivity contribution in [3.05, 3.63) is 94.5 Å². The molecule has 6 heteroatoms. The molecule has 0 radical (unpaired) electrons. The summed E-state index contributed by atoms with van der Waals surface area (Å²) >= 11 is 6.03. The number of ketones is 1. The number of fused-ring (bicyclic) bond motifs is 1. The zero-order valence-electron chi connectivity index (χ0n) is 16.1. The third-order valence-electron chi connectivity index (χ3n) is 5.56. The monoisotopic (exact) mass is 418 g/mol. The van der Waals surface area contributed by atoms with Gasteiger partial charge in [0.1, 0.15) is 11.8 Å². The first-order chi connectivity index (χ1) is 14.6. The van der Waals surface area contributed by atoms with E-state index >= 15 is 0 Å². The predicted octanol–water partition coefficient (Wildman–Crippen LogP) is 5.75. The van der Waals surface area contributed by atoms with Gasteiger partial charge in [0.2, 0.25) is 0 Å².